The Hall–Kier alpha value is -1.49. The molecule has 1 aromatic rings. The van der Waals surface area contributed by atoms with Gasteiger partial charge in [-0.15, -0.1) is 0 Å². The number of amides is 1. The van der Waals surface area contributed by atoms with Crippen molar-refractivity contribution >= 4 is 11.6 Å². The number of rotatable bonds is 4. The molecule has 0 aromatic carbocycles. The van der Waals surface area contributed by atoms with Crippen molar-refractivity contribution in [1.29, 1.82) is 0 Å². The van der Waals surface area contributed by atoms with Crippen LogP contribution in [0.2, 0.25) is 0 Å². The SMILES string of the molecule is CN(C(=O)c1cc(N)cn1C1CC1)C(C)(C)CO. The van der Waals surface area contributed by atoms with Crippen LogP contribution in [0.15, 0.2) is 12.3 Å². The van der Waals surface area contributed by atoms with Crippen molar-refractivity contribution in [3.63, 3.8) is 0 Å². The van der Waals surface area contributed by atoms with Crippen molar-refractivity contribution in [3.8, 4) is 0 Å². The second-order valence-electron chi connectivity index (χ2n) is 5.63. The average molecular weight is 251 g/mol. The zero-order chi connectivity index (χ0) is 13.5. The van der Waals surface area contributed by atoms with E-state index in [0.717, 1.165) is 12.8 Å². The molecule has 0 spiro atoms. The van der Waals surface area contributed by atoms with Crippen LogP contribution in [0.4, 0.5) is 5.69 Å². The van der Waals surface area contributed by atoms with Gasteiger partial charge in [-0.2, -0.15) is 0 Å². The Morgan fingerprint density at radius 1 is 1.61 bits per heavy atom. The molecule has 0 radical (unpaired) electrons. The maximum Gasteiger partial charge on any atom is 0.270 e. The number of aliphatic hydroxyl groups excluding tert-OH is 1. The molecule has 18 heavy (non-hydrogen) atoms. The highest BCUT2D eigenvalue weighted by Gasteiger charge is 2.32. The highest BCUT2D eigenvalue weighted by Crippen LogP contribution is 2.37. The second kappa shape index (κ2) is 4.31. The summed E-state index contributed by atoms with van der Waals surface area (Å²) in [7, 11) is 1.71. The quantitative estimate of drug-likeness (QED) is 0.846. The third kappa shape index (κ3) is 2.22. The molecule has 1 aliphatic rings. The van der Waals surface area contributed by atoms with E-state index >= 15 is 0 Å². The van der Waals surface area contributed by atoms with Gasteiger partial charge >= 0.3 is 0 Å². The van der Waals surface area contributed by atoms with Gasteiger partial charge in [-0.25, -0.2) is 0 Å². The van der Waals surface area contributed by atoms with E-state index in [-0.39, 0.29) is 12.5 Å². The monoisotopic (exact) mass is 251 g/mol. The molecule has 0 saturated heterocycles. The minimum Gasteiger partial charge on any atom is -0.397 e. The zero-order valence-corrected chi connectivity index (χ0v) is 11.2. The molecule has 1 fully saturated rings. The molecule has 1 amide bonds. The van der Waals surface area contributed by atoms with E-state index in [4.69, 9.17) is 5.73 Å². The first kappa shape index (κ1) is 13.0. The average Bonchev–Trinajstić information content (AvgIpc) is 3.10. The minimum absolute atomic E-state index is 0.0745. The predicted octanol–water partition coefficient (Wildman–Crippen LogP) is 1.25. The molecular formula is C13H21N3O2. The standard InChI is InChI=1S/C13H21N3O2/c1-13(2,8-17)15(3)12(18)11-6-9(14)7-16(11)10-4-5-10/h6-7,10,17H,4-5,8,14H2,1-3H3. The highest BCUT2D eigenvalue weighted by molar-refractivity contribution is 5.94. The maximum absolute atomic E-state index is 12.5. The molecule has 1 saturated carbocycles. The third-order valence-electron chi connectivity index (χ3n) is 3.63. The Morgan fingerprint density at radius 3 is 2.72 bits per heavy atom. The lowest BCUT2D eigenvalue weighted by atomic mass is 10.0. The first-order valence-electron chi connectivity index (χ1n) is 6.23. The summed E-state index contributed by atoms with van der Waals surface area (Å²) < 4.78 is 1.96. The zero-order valence-electron chi connectivity index (χ0n) is 11.2. The fraction of sp³-hybridized carbons (Fsp3) is 0.615. The molecule has 5 heteroatoms. The van der Waals surface area contributed by atoms with Gasteiger partial charge in [0, 0.05) is 19.3 Å². The summed E-state index contributed by atoms with van der Waals surface area (Å²) in [5.74, 6) is -0.0994. The first-order valence-corrected chi connectivity index (χ1v) is 6.23. The molecule has 2 rings (SSSR count). The van der Waals surface area contributed by atoms with Crippen molar-refractivity contribution < 1.29 is 9.90 Å². The molecule has 1 heterocycles. The number of likely N-dealkylation sites (N-methyl/N-ethyl adjacent to an activating group) is 1. The Balaban J connectivity index is 2.28. The van der Waals surface area contributed by atoms with Crippen molar-refractivity contribution in [2.24, 2.45) is 0 Å². The van der Waals surface area contributed by atoms with E-state index < -0.39 is 5.54 Å². The summed E-state index contributed by atoms with van der Waals surface area (Å²) in [6.07, 6.45) is 4.02. The van der Waals surface area contributed by atoms with Gasteiger partial charge in [-0.05, 0) is 32.8 Å². The fourth-order valence-electron chi connectivity index (χ4n) is 1.88. The largest absolute Gasteiger partial charge is 0.397 e. The number of nitrogens with zero attached hydrogens (tertiary/aromatic N) is 2. The van der Waals surface area contributed by atoms with E-state index in [9.17, 15) is 9.90 Å². The second-order valence-corrected chi connectivity index (χ2v) is 5.63. The number of carbonyl (C=O) groups excluding carboxylic acids is 1. The van der Waals surface area contributed by atoms with E-state index in [1.54, 1.807) is 18.0 Å². The van der Waals surface area contributed by atoms with Crippen LogP contribution in [-0.4, -0.2) is 39.7 Å². The number of hydrogen-bond donors (Lipinski definition) is 2. The molecule has 0 bridgehead atoms. The molecule has 0 atom stereocenters. The van der Waals surface area contributed by atoms with Crippen LogP contribution in [0.25, 0.3) is 0 Å². The number of anilines is 1. The molecule has 5 nitrogen and oxygen atoms in total. The molecular weight excluding hydrogens is 230 g/mol. The summed E-state index contributed by atoms with van der Waals surface area (Å²) in [5.41, 5.74) is 6.43. The van der Waals surface area contributed by atoms with Crippen molar-refractivity contribution in [2.45, 2.75) is 38.3 Å². The van der Waals surface area contributed by atoms with Gasteiger partial charge in [-0.3, -0.25) is 4.79 Å². The summed E-state index contributed by atoms with van der Waals surface area (Å²) in [4.78, 5) is 14.0. The topological polar surface area (TPSA) is 71.5 Å². The predicted molar refractivity (Wildman–Crippen MR) is 70.4 cm³/mol. The van der Waals surface area contributed by atoms with Crippen LogP contribution in [-0.2, 0) is 0 Å². The number of nitrogens with two attached hydrogens (primary N) is 1. The number of aliphatic hydroxyl groups is 1. The number of aromatic nitrogens is 1. The van der Waals surface area contributed by atoms with Gasteiger partial charge in [0.25, 0.3) is 5.91 Å². The lowest BCUT2D eigenvalue weighted by Crippen LogP contribution is -2.48. The Labute approximate surface area is 107 Å². The Kier molecular flexibility index (Phi) is 3.11. The molecule has 1 aliphatic carbocycles. The van der Waals surface area contributed by atoms with Gasteiger partial charge in [0.2, 0.25) is 0 Å². The molecule has 0 unspecified atom stereocenters. The van der Waals surface area contributed by atoms with Crippen LogP contribution >= 0.6 is 0 Å². The smallest absolute Gasteiger partial charge is 0.270 e. The highest BCUT2D eigenvalue weighted by atomic mass is 16.3. The van der Waals surface area contributed by atoms with E-state index in [1.807, 2.05) is 24.6 Å². The molecule has 1 aromatic heterocycles. The third-order valence-corrected chi connectivity index (χ3v) is 3.63. The summed E-state index contributed by atoms with van der Waals surface area (Å²) in [6.45, 7) is 3.59. The molecule has 0 aliphatic heterocycles. The van der Waals surface area contributed by atoms with Gasteiger partial charge in [0.15, 0.2) is 0 Å². The van der Waals surface area contributed by atoms with E-state index in [0.29, 0.717) is 17.4 Å². The van der Waals surface area contributed by atoms with Crippen LogP contribution in [0, 0.1) is 0 Å². The van der Waals surface area contributed by atoms with Crippen molar-refractivity contribution in [2.75, 3.05) is 19.4 Å². The summed E-state index contributed by atoms with van der Waals surface area (Å²) in [5, 5.41) is 9.33. The number of nitrogen functional groups attached to an aromatic ring is 1. The van der Waals surface area contributed by atoms with Crippen LogP contribution in [0.3, 0.4) is 0 Å². The lowest BCUT2D eigenvalue weighted by molar-refractivity contribution is 0.0463. The fourth-order valence-corrected chi connectivity index (χ4v) is 1.88. The van der Waals surface area contributed by atoms with Crippen LogP contribution in [0.5, 0.6) is 0 Å². The normalized spacial score (nSPS) is 15.8. The Bertz CT molecular complexity index is 461. The molecule has 3 N–H and O–H groups in total. The van der Waals surface area contributed by atoms with Crippen molar-refractivity contribution in [3.05, 3.63) is 18.0 Å². The number of carbonyl (C=O) groups is 1. The first-order chi connectivity index (χ1) is 8.36. The van der Waals surface area contributed by atoms with Gasteiger partial charge in [-0.1, -0.05) is 0 Å². The van der Waals surface area contributed by atoms with E-state index in [2.05, 4.69) is 0 Å². The minimum atomic E-state index is -0.579. The number of hydrogen-bond acceptors (Lipinski definition) is 3. The summed E-state index contributed by atoms with van der Waals surface area (Å²) >= 11 is 0. The summed E-state index contributed by atoms with van der Waals surface area (Å²) in [6, 6.07) is 2.12. The Morgan fingerprint density at radius 2 is 2.22 bits per heavy atom. The van der Waals surface area contributed by atoms with Gasteiger partial charge in [0.1, 0.15) is 5.69 Å². The molecule has 100 valence electrons. The van der Waals surface area contributed by atoms with Crippen LogP contribution in [0.1, 0.15) is 43.2 Å². The lowest BCUT2D eigenvalue weighted by Gasteiger charge is -2.34. The van der Waals surface area contributed by atoms with E-state index in [1.165, 1.54) is 0 Å². The van der Waals surface area contributed by atoms with Crippen molar-refractivity contribution in [1.82, 2.24) is 9.47 Å². The van der Waals surface area contributed by atoms with Crippen LogP contribution < -0.4 is 5.73 Å². The van der Waals surface area contributed by atoms with Gasteiger partial charge in [0.05, 0.1) is 17.8 Å². The van der Waals surface area contributed by atoms with Gasteiger partial charge < -0.3 is 20.3 Å². The maximum atomic E-state index is 12.5.